The number of hydrogen-bond donors (Lipinski definition) is 0. The molecule has 0 saturated heterocycles. The molecule has 0 aliphatic rings. The number of hydrogen-bond acceptors (Lipinski definition) is 3. The predicted octanol–water partition coefficient (Wildman–Crippen LogP) is 3.05. The second-order valence-corrected chi connectivity index (χ2v) is 7.04. The third-order valence-electron chi connectivity index (χ3n) is 1.40. The standard InChI is InChI=1S/C7H6Cl2O2S2/c1-12-13(10,11)5-2-3-6(8)7(9)4-5/h2-4H,1H3. The van der Waals surface area contributed by atoms with Crippen molar-refractivity contribution in [2.24, 2.45) is 0 Å². The van der Waals surface area contributed by atoms with Gasteiger partial charge in [0.15, 0.2) is 0 Å². The summed E-state index contributed by atoms with van der Waals surface area (Å²) >= 11 is 11.3. The van der Waals surface area contributed by atoms with E-state index in [9.17, 15) is 8.42 Å². The molecular formula is C7H6Cl2O2S2. The van der Waals surface area contributed by atoms with Gasteiger partial charge < -0.3 is 0 Å². The van der Waals surface area contributed by atoms with Crippen molar-refractivity contribution < 1.29 is 8.42 Å². The van der Waals surface area contributed by atoms with Crippen LogP contribution in [0.15, 0.2) is 23.1 Å². The van der Waals surface area contributed by atoms with Crippen LogP contribution >= 0.6 is 34.0 Å². The Morgan fingerprint density at radius 1 is 1.23 bits per heavy atom. The summed E-state index contributed by atoms with van der Waals surface area (Å²) in [7, 11) is -2.50. The van der Waals surface area contributed by atoms with E-state index in [1.807, 2.05) is 0 Å². The van der Waals surface area contributed by atoms with Crippen molar-refractivity contribution in [1.82, 2.24) is 0 Å². The third-order valence-corrected chi connectivity index (χ3v) is 5.30. The first-order valence-corrected chi connectivity index (χ1v) is 7.21. The van der Waals surface area contributed by atoms with Gasteiger partial charge in [-0.05, 0) is 35.2 Å². The summed E-state index contributed by atoms with van der Waals surface area (Å²) in [4.78, 5) is 0.175. The van der Waals surface area contributed by atoms with Gasteiger partial charge in [-0.3, -0.25) is 0 Å². The average molecular weight is 257 g/mol. The minimum atomic E-state index is -3.26. The van der Waals surface area contributed by atoms with E-state index in [-0.39, 0.29) is 9.92 Å². The van der Waals surface area contributed by atoms with Crippen LogP contribution < -0.4 is 0 Å². The van der Waals surface area contributed by atoms with E-state index in [0.29, 0.717) is 5.02 Å². The minimum absolute atomic E-state index is 0.175. The molecular weight excluding hydrogens is 251 g/mol. The molecule has 0 fully saturated rings. The molecule has 0 aliphatic carbocycles. The Morgan fingerprint density at radius 3 is 2.31 bits per heavy atom. The Kier molecular flexibility index (Phi) is 3.51. The second-order valence-electron chi connectivity index (χ2n) is 2.20. The first-order valence-electron chi connectivity index (χ1n) is 3.23. The molecule has 0 radical (unpaired) electrons. The molecule has 2 nitrogen and oxygen atoms in total. The van der Waals surface area contributed by atoms with Crippen LogP contribution in [0.2, 0.25) is 10.0 Å². The molecule has 0 N–H and O–H groups in total. The van der Waals surface area contributed by atoms with Gasteiger partial charge in [-0.1, -0.05) is 23.2 Å². The van der Waals surface area contributed by atoms with Gasteiger partial charge in [-0.15, -0.1) is 0 Å². The summed E-state index contributed by atoms with van der Waals surface area (Å²) < 4.78 is 22.7. The maximum atomic E-state index is 11.3. The van der Waals surface area contributed by atoms with E-state index in [4.69, 9.17) is 23.2 Å². The van der Waals surface area contributed by atoms with Crippen molar-refractivity contribution in [2.45, 2.75) is 4.90 Å². The summed E-state index contributed by atoms with van der Waals surface area (Å²) in [5.41, 5.74) is 0. The monoisotopic (exact) mass is 256 g/mol. The molecule has 0 amide bonds. The van der Waals surface area contributed by atoms with Gasteiger partial charge in [0.25, 0.3) is 0 Å². The van der Waals surface area contributed by atoms with E-state index in [1.165, 1.54) is 24.5 Å². The average Bonchev–Trinajstić information content (AvgIpc) is 2.09. The lowest BCUT2D eigenvalue weighted by molar-refractivity contribution is 0.610. The van der Waals surface area contributed by atoms with E-state index >= 15 is 0 Å². The van der Waals surface area contributed by atoms with E-state index in [2.05, 4.69) is 0 Å². The van der Waals surface area contributed by atoms with Gasteiger partial charge in [0.05, 0.1) is 14.9 Å². The van der Waals surface area contributed by atoms with Crippen LogP contribution in [0.4, 0.5) is 0 Å². The lowest BCUT2D eigenvalue weighted by Crippen LogP contribution is -1.93. The van der Waals surface area contributed by atoms with Gasteiger partial charge in [0.2, 0.25) is 8.87 Å². The first kappa shape index (κ1) is 11.2. The van der Waals surface area contributed by atoms with Crippen LogP contribution in [0.25, 0.3) is 0 Å². The minimum Gasteiger partial charge on any atom is -0.212 e. The molecule has 1 aromatic rings. The van der Waals surface area contributed by atoms with Gasteiger partial charge in [-0.2, -0.15) is 0 Å². The topological polar surface area (TPSA) is 34.1 Å². The first-order chi connectivity index (χ1) is 5.97. The van der Waals surface area contributed by atoms with Crippen molar-refractivity contribution in [3.63, 3.8) is 0 Å². The van der Waals surface area contributed by atoms with Crippen LogP contribution in [0.5, 0.6) is 0 Å². The Hall–Kier alpha value is 0.1000. The van der Waals surface area contributed by atoms with Crippen molar-refractivity contribution in [3.05, 3.63) is 28.2 Å². The summed E-state index contributed by atoms with van der Waals surface area (Å²) in [6, 6.07) is 4.24. The molecule has 13 heavy (non-hydrogen) atoms. The highest BCUT2D eigenvalue weighted by atomic mass is 35.5. The second kappa shape index (κ2) is 4.09. The molecule has 1 rings (SSSR count). The van der Waals surface area contributed by atoms with Crippen LogP contribution in [-0.4, -0.2) is 14.7 Å². The predicted molar refractivity (Wildman–Crippen MR) is 57.2 cm³/mol. The Bertz CT molecular complexity index is 415. The van der Waals surface area contributed by atoms with Crippen LogP contribution in [0.3, 0.4) is 0 Å². The summed E-state index contributed by atoms with van der Waals surface area (Å²) in [5.74, 6) is 0. The molecule has 0 saturated carbocycles. The zero-order valence-corrected chi connectivity index (χ0v) is 9.77. The third kappa shape index (κ3) is 2.53. The van der Waals surface area contributed by atoms with E-state index < -0.39 is 8.87 Å². The molecule has 1 aromatic carbocycles. The number of rotatable bonds is 2. The molecule has 0 aliphatic heterocycles. The summed E-state index contributed by atoms with van der Waals surface area (Å²) in [6.07, 6.45) is 1.50. The quantitative estimate of drug-likeness (QED) is 0.763. The summed E-state index contributed by atoms with van der Waals surface area (Å²) in [5, 5.41) is 0.596. The Labute approximate surface area is 90.6 Å². The van der Waals surface area contributed by atoms with Gasteiger partial charge in [-0.25, -0.2) is 8.42 Å². The smallest absolute Gasteiger partial charge is 0.212 e. The lowest BCUT2D eigenvalue weighted by atomic mass is 10.4. The maximum absolute atomic E-state index is 11.3. The SMILES string of the molecule is CSS(=O)(=O)c1ccc(Cl)c(Cl)c1. The highest BCUT2D eigenvalue weighted by Gasteiger charge is 2.13. The molecule has 0 aromatic heterocycles. The fourth-order valence-corrected chi connectivity index (χ4v) is 2.67. The van der Waals surface area contributed by atoms with E-state index in [1.54, 1.807) is 0 Å². The van der Waals surface area contributed by atoms with Gasteiger partial charge in [0.1, 0.15) is 0 Å². The lowest BCUT2D eigenvalue weighted by Gasteiger charge is -2.01. The molecule has 0 atom stereocenters. The van der Waals surface area contributed by atoms with Crippen LogP contribution in [0.1, 0.15) is 0 Å². The molecule has 6 heteroatoms. The molecule has 0 heterocycles. The van der Waals surface area contributed by atoms with Gasteiger partial charge in [0, 0.05) is 0 Å². The highest BCUT2D eigenvalue weighted by molar-refractivity contribution is 8.71. The van der Waals surface area contributed by atoms with Crippen molar-refractivity contribution in [2.75, 3.05) is 6.26 Å². The van der Waals surface area contributed by atoms with Crippen molar-refractivity contribution in [1.29, 1.82) is 0 Å². The molecule has 0 bridgehead atoms. The normalized spacial score (nSPS) is 11.6. The summed E-state index contributed by atoms with van der Waals surface area (Å²) in [6.45, 7) is 0. The van der Waals surface area contributed by atoms with Gasteiger partial charge >= 0.3 is 0 Å². The number of benzene rings is 1. The van der Waals surface area contributed by atoms with Crippen LogP contribution in [-0.2, 0) is 8.87 Å². The molecule has 0 spiro atoms. The van der Waals surface area contributed by atoms with Crippen LogP contribution in [0, 0.1) is 0 Å². The Balaban J connectivity index is 3.27. The molecule has 0 unspecified atom stereocenters. The highest BCUT2D eigenvalue weighted by Crippen LogP contribution is 2.28. The fourth-order valence-electron chi connectivity index (χ4n) is 0.729. The maximum Gasteiger partial charge on any atom is 0.229 e. The largest absolute Gasteiger partial charge is 0.229 e. The van der Waals surface area contributed by atoms with E-state index in [0.717, 1.165) is 10.8 Å². The number of halogens is 2. The molecule has 72 valence electrons. The Morgan fingerprint density at radius 2 is 1.85 bits per heavy atom. The van der Waals surface area contributed by atoms with Crippen molar-refractivity contribution in [3.8, 4) is 0 Å². The van der Waals surface area contributed by atoms with Crippen molar-refractivity contribution >= 4 is 42.9 Å². The zero-order chi connectivity index (χ0) is 10.1. The fraction of sp³-hybridized carbons (Fsp3) is 0.143. The zero-order valence-electron chi connectivity index (χ0n) is 6.62.